The van der Waals surface area contributed by atoms with Crippen molar-refractivity contribution in [3.8, 4) is 0 Å². The Morgan fingerprint density at radius 2 is 2.14 bits per heavy atom. The van der Waals surface area contributed by atoms with Gasteiger partial charge in [-0.3, -0.25) is 4.79 Å². The molecular weight excluding hydrogens is 339 g/mol. The maximum atomic E-state index is 12.8. The van der Waals surface area contributed by atoms with Gasteiger partial charge in [-0.2, -0.15) is 0 Å². The number of halogens is 2. The molecule has 6 heteroatoms. The van der Waals surface area contributed by atoms with E-state index < -0.39 is 0 Å². The molecule has 1 aliphatic carbocycles. The molecule has 2 aliphatic rings. The summed E-state index contributed by atoms with van der Waals surface area (Å²) in [6, 6.07) is 5.91. The first-order chi connectivity index (χ1) is 10.1. The van der Waals surface area contributed by atoms with Crippen LogP contribution in [0.25, 0.3) is 0 Å². The van der Waals surface area contributed by atoms with Gasteiger partial charge in [-0.15, -0.1) is 24.2 Å². The van der Waals surface area contributed by atoms with Crippen LogP contribution >= 0.6 is 35.8 Å². The first-order valence-corrected chi connectivity index (χ1v) is 9.09. The summed E-state index contributed by atoms with van der Waals surface area (Å²) in [6.45, 7) is 1.61. The van der Waals surface area contributed by atoms with Gasteiger partial charge >= 0.3 is 0 Å². The number of hydrogen-bond donors (Lipinski definition) is 1. The van der Waals surface area contributed by atoms with Gasteiger partial charge in [0.1, 0.15) is 0 Å². The number of nitrogens with two attached hydrogens (primary N) is 1. The largest absolute Gasteiger partial charge is 0.338 e. The standard InChI is InChI=1S/C16H21ClN2OS.ClH/c1-21-11-5-6-14(17)12(7-11)16(20)19-8-10-3-2-4-15(18)13(10)9-19;/h5-7,10,13,15H,2-4,8-9,18H2,1H3;1H. The van der Waals surface area contributed by atoms with E-state index in [0.717, 1.165) is 24.4 Å². The van der Waals surface area contributed by atoms with Crippen LogP contribution in [0.3, 0.4) is 0 Å². The van der Waals surface area contributed by atoms with Gasteiger partial charge in [-0.05, 0) is 49.1 Å². The lowest BCUT2D eigenvalue weighted by molar-refractivity contribution is 0.0783. The second-order valence-corrected chi connectivity index (χ2v) is 7.36. The summed E-state index contributed by atoms with van der Waals surface area (Å²) in [6.07, 6.45) is 5.47. The molecule has 3 atom stereocenters. The van der Waals surface area contributed by atoms with Gasteiger partial charge in [0.25, 0.3) is 5.91 Å². The number of nitrogens with zero attached hydrogens (tertiary/aromatic N) is 1. The SMILES string of the molecule is CSc1ccc(Cl)c(C(=O)N2CC3CCCC(N)C3C2)c1.Cl. The van der Waals surface area contributed by atoms with E-state index in [1.807, 2.05) is 29.4 Å². The molecule has 2 fully saturated rings. The monoisotopic (exact) mass is 360 g/mol. The Balaban J connectivity index is 0.00000176. The summed E-state index contributed by atoms with van der Waals surface area (Å²) in [5.41, 5.74) is 6.85. The van der Waals surface area contributed by atoms with E-state index in [1.165, 1.54) is 12.8 Å². The van der Waals surface area contributed by atoms with Crippen molar-refractivity contribution in [1.82, 2.24) is 4.90 Å². The lowest BCUT2D eigenvalue weighted by atomic mass is 9.78. The zero-order chi connectivity index (χ0) is 15.0. The van der Waals surface area contributed by atoms with Crippen LogP contribution in [-0.4, -0.2) is 36.2 Å². The molecule has 0 radical (unpaired) electrons. The number of thioether (sulfide) groups is 1. The number of fused-ring (bicyclic) bond motifs is 1. The minimum absolute atomic E-state index is 0. The van der Waals surface area contributed by atoms with Gasteiger partial charge in [-0.25, -0.2) is 0 Å². The quantitative estimate of drug-likeness (QED) is 0.818. The molecule has 1 aromatic rings. The summed E-state index contributed by atoms with van der Waals surface area (Å²) in [4.78, 5) is 15.8. The number of rotatable bonds is 2. The Kier molecular flexibility index (Phi) is 6.06. The average Bonchev–Trinajstić information content (AvgIpc) is 2.93. The van der Waals surface area contributed by atoms with Crippen molar-refractivity contribution < 1.29 is 4.79 Å². The maximum absolute atomic E-state index is 12.8. The van der Waals surface area contributed by atoms with Crippen molar-refractivity contribution in [3.05, 3.63) is 28.8 Å². The first kappa shape index (κ1) is 17.9. The highest BCUT2D eigenvalue weighted by atomic mass is 35.5. The molecule has 0 aromatic heterocycles. The van der Waals surface area contributed by atoms with Crippen molar-refractivity contribution in [2.75, 3.05) is 19.3 Å². The summed E-state index contributed by atoms with van der Waals surface area (Å²) < 4.78 is 0. The molecule has 3 nitrogen and oxygen atoms in total. The Labute approximate surface area is 147 Å². The van der Waals surface area contributed by atoms with Gasteiger partial charge < -0.3 is 10.6 Å². The summed E-state index contributed by atoms with van der Waals surface area (Å²) in [5, 5.41) is 0.539. The molecule has 0 bridgehead atoms. The highest BCUT2D eigenvalue weighted by molar-refractivity contribution is 7.98. The average molecular weight is 361 g/mol. The topological polar surface area (TPSA) is 46.3 Å². The van der Waals surface area contributed by atoms with Gasteiger partial charge in [-0.1, -0.05) is 18.0 Å². The highest BCUT2D eigenvalue weighted by Gasteiger charge is 2.40. The van der Waals surface area contributed by atoms with E-state index in [0.29, 0.717) is 22.4 Å². The molecule has 3 rings (SSSR count). The van der Waals surface area contributed by atoms with E-state index in [2.05, 4.69) is 0 Å². The molecule has 2 N–H and O–H groups in total. The lowest BCUT2D eigenvalue weighted by Crippen LogP contribution is -2.38. The minimum Gasteiger partial charge on any atom is -0.338 e. The van der Waals surface area contributed by atoms with Gasteiger partial charge in [0, 0.05) is 24.0 Å². The maximum Gasteiger partial charge on any atom is 0.255 e. The molecule has 3 unspecified atom stereocenters. The smallest absolute Gasteiger partial charge is 0.255 e. The van der Waals surface area contributed by atoms with Crippen LogP contribution in [0.5, 0.6) is 0 Å². The molecule has 1 aliphatic heterocycles. The molecule has 0 spiro atoms. The lowest BCUT2D eigenvalue weighted by Gasteiger charge is -2.29. The summed E-state index contributed by atoms with van der Waals surface area (Å²) >= 11 is 7.85. The molecule has 122 valence electrons. The Morgan fingerprint density at radius 3 is 2.82 bits per heavy atom. The van der Waals surface area contributed by atoms with Crippen LogP contribution in [0.1, 0.15) is 29.6 Å². The van der Waals surface area contributed by atoms with Crippen LogP contribution in [0.4, 0.5) is 0 Å². The highest BCUT2D eigenvalue weighted by Crippen LogP contribution is 2.36. The number of carbonyl (C=O) groups excluding carboxylic acids is 1. The van der Waals surface area contributed by atoms with Crippen LogP contribution < -0.4 is 5.73 Å². The first-order valence-electron chi connectivity index (χ1n) is 7.48. The molecule has 1 aromatic carbocycles. The van der Waals surface area contributed by atoms with E-state index in [1.54, 1.807) is 11.8 Å². The van der Waals surface area contributed by atoms with Crippen LogP contribution in [0, 0.1) is 11.8 Å². The van der Waals surface area contributed by atoms with Gasteiger partial charge in [0.05, 0.1) is 10.6 Å². The van der Waals surface area contributed by atoms with E-state index in [-0.39, 0.29) is 24.4 Å². The fourth-order valence-corrected chi connectivity index (χ4v) is 4.29. The minimum atomic E-state index is 0. The Hall–Kier alpha value is -0.420. The molecule has 1 saturated heterocycles. The molecule has 22 heavy (non-hydrogen) atoms. The van der Waals surface area contributed by atoms with Crippen molar-refractivity contribution in [2.45, 2.75) is 30.2 Å². The van der Waals surface area contributed by atoms with Gasteiger partial charge in [0.2, 0.25) is 0 Å². The second-order valence-electron chi connectivity index (χ2n) is 6.07. The van der Waals surface area contributed by atoms with Crippen molar-refractivity contribution in [3.63, 3.8) is 0 Å². The van der Waals surface area contributed by atoms with Crippen LogP contribution in [0.15, 0.2) is 23.1 Å². The van der Waals surface area contributed by atoms with Crippen molar-refractivity contribution in [1.29, 1.82) is 0 Å². The number of hydrogen-bond acceptors (Lipinski definition) is 3. The van der Waals surface area contributed by atoms with E-state index >= 15 is 0 Å². The fraction of sp³-hybridized carbons (Fsp3) is 0.562. The summed E-state index contributed by atoms with van der Waals surface area (Å²) in [5.74, 6) is 1.09. The summed E-state index contributed by atoms with van der Waals surface area (Å²) in [7, 11) is 0. The third-order valence-corrected chi connectivity index (χ3v) is 5.90. The van der Waals surface area contributed by atoms with Crippen molar-refractivity contribution >= 4 is 41.7 Å². The zero-order valence-corrected chi connectivity index (χ0v) is 15.0. The zero-order valence-electron chi connectivity index (χ0n) is 12.6. The van der Waals surface area contributed by atoms with Gasteiger partial charge in [0.15, 0.2) is 0 Å². The number of benzene rings is 1. The molecule has 1 saturated carbocycles. The van der Waals surface area contributed by atoms with Crippen molar-refractivity contribution in [2.24, 2.45) is 17.6 Å². The third kappa shape index (κ3) is 3.40. The number of amides is 1. The normalized spacial score (nSPS) is 27.2. The number of likely N-dealkylation sites (tertiary alicyclic amines) is 1. The fourth-order valence-electron chi connectivity index (χ4n) is 3.65. The number of carbonyl (C=O) groups is 1. The third-order valence-electron chi connectivity index (χ3n) is 4.85. The predicted molar refractivity (Wildman–Crippen MR) is 95.2 cm³/mol. The second kappa shape index (κ2) is 7.43. The Morgan fingerprint density at radius 1 is 1.36 bits per heavy atom. The van der Waals surface area contributed by atoms with Crippen LogP contribution in [0.2, 0.25) is 5.02 Å². The predicted octanol–water partition coefficient (Wildman–Crippen LogP) is 3.68. The molecule has 1 heterocycles. The van der Waals surface area contributed by atoms with Crippen LogP contribution in [-0.2, 0) is 0 Å². The molecular formula is C16H22Cl2N2OS. The Bertz CT molecular complexity index is 555. The van der Waals surface area contributed by atoms with E-state index in [9.17, 15) is 4.79 Å². The van der Waals surface area contributed by atoms with E-state index in [4.69, 9.17) is 17.3 Å². The molecule has 1 amide bonds.